The zero-order valence-corrected chi connectivity index (χ0v) is 18.9. The lowest BCUT2D eigenvalue weighted by molar-refractivity contribution is 0.154. The summed E-state index contributed by atoms with van der Waals surface area (Å²) in [5.74, 6) is -1.77. The van der Waals surface area contributed by atoms with Crippen LogP contribution in [0.4, 0.5) is 22.8 Å². The summed E-state index contributed by atoms with van der Waals surface area (Å²) in [7, 11) is 0. The molecule has 34 heavy (non-hydrogen) atoms. The van der Waals surface area contributed by atoms with E-state index in [2.05, 4.69) is 15.5 Å². The van der Waals surface area contributed by atoms with Gasteiger partial charge in [0.2, 0.25) is 0 Å². The van der Waals surface area contributed by atoms with E-state index in [9.17, 15) is 22.8 Å². The molecule has 0 aromatic heterocycles. The first-order valence-electron chi connectivity index (χ1n) is 11.7. The minimum absolute atomic E-state index is 0.221. The summed E-state index contributed by atoms with van der Waals surface area (Å²) < 4.78 is 40.2. The van der Waals surface area contributed by atoms with Gasteiger partial charge in [0.1, 0.15) is 5.82 Å². The lowest BCUT2D eigenvalue weighted by Crippen LogP contribution is -2.54. The van der Waals surface area contributed by atoms with E-state index in [0.29, 0.717) is 31.0 Å². The molecule has 4 rings (SSSR count). The van der Waals surface area contributed by atoms with Crippen molar-refractivity contribution in [1.29, 1.82) is 0 Å². The average molecular weight is 475 g/mol. The topological polar surface area (TPSA) is 64.7 Å². The van der Waals surface area contributed by atoms with E-state index in [1.54, 1.807) is 0 Å². The van der Waals surface area contributed by atoms with Crippen molar-refractivity contribution < 1.29 is 22.8 Å². The third kappa shape index (κ3) is 5.70. The summed E-state index contributed by atoms with van der Waals surface area (Å²) in [6.45, 7) is 3.42. The number of nitrogens with one attached hydrogen (secondary N) is 2. The highest BCUT2D eigenvalue weighted by Crippen LogP contribution is 2.29. The van der Waals surface area contributed by atoms with E-state index >= 15 is 0 Å². The largest absolute Gasteiger partial charge is 0.338 e. The van der Waals surface area contributed by atoms with Crippen LogP contribution in [0.25, 0.3) is 0 Å². The van der Waals surface area contributed by atoms with Crippen molar-refractivity contribution in [2.45, 2.75) is 37.6 Å². The molecule has 2 saturated heterocycles. The maximum absolute atomic E-state index is 13.7. The Morgan fingerprint density at radius 2 is 1.68 bits per heavy atom. The quantitative estimate of drug-likeness (QED) is 0.605. The Morgan fingerprint density at radius 3 is 2.38 bits per heavy atom. The van der Waals surface area contributed by atoms with Gasteiger partial charge in [0.05, 0.1) is 6.04 Å². The number of imide groups is 1. The van der Waals surface area contributed by atoms with Gasteiger partial charge in [-0.3, -0.25) is 0 Å². The Morgan fingerprint density at radius 1 is 0.971 bits per heavy atom. The van der Waals surface area contributed by atoms with Crippen LogP contribution in [0, 0.1) is 17.5 Å². The monoisotopic (exact) mass is 474 g/mol. The molecular weight excluding hydrogens is 445 g/mol. The first-order valence-corrected chi connectivity index (χ1v) is 11.7. The first kappa shape index (κ1) is 24.1. The Hall–Kier alpha value is -3.07. The summed E-state index contributed by atoms with van der Waals surface area (Å²) in [6.07, 6.45) is 3.13. The lowest BCUT2D eigenvalue weighted by Gasteiger charge is -2.35. The van der Waals surface area contributed by atoms with Gasteiger partial charge in [0, 0.05) is 13.1 Å². The SMILES string of the molecule is O=C(NCCCN1CCC(c2ccc(F)cc2)CC1)N1C(=O)NCC[C@@H]1c1ccc(F)c(F)c1. The molecule has 0 unspecified atom stereocenters. The number of piperidine rings is 1. The number of hydrogen-bond acceptors (Lipinski definition) is 3. The van der Waals surface area contributed by atoms with Crippen LogP contribution in [0.5, 0.6) is 0 Å². The molecule has 2 heterocycles. The molecule has 0 saturated carbocycles. The van der Waals surface area contributed by atoms with Crippen molar-refractivity contribution >= 4 is 12.1 Å². The van der Waals surface area contributed by atoms with Crippen molar-refractivity contribution in [2.24, 2.45) is 0 Å². The predicted molar refractivity (Wildman–Crippen MR) is 122 cm³/mol. The summed E-state index contributed by atoms with van der Waals surface area (Å²) >= 11 is 0. The highest BCUT2D eigenvalue weighted by Gasteiger charge is 2.34. The summed E-state index contributed by atoms with van der Waals surface area (Å²) in [5.41, 5.74) is 1.55. The van der Waals surface area contributed by atoms with Crippen LogP contribution in [0.3, 0.4) is 0 Å². The van der Waals surface area contributed by atoms with E-state index in [1.165, 1.54) is 23.8 Å². The van der Waals surface area contributed by atoms with Crippen molar-refractivity contribution in [1.82, 2.24) is 20.4 Å². The van der Waals surface area contributed by atoms with Gasteiger partial charge in [-0.15, -0.1) is 0 Å². The van der Waals surface area contributed by atoms with Gasteiger partial charge in [0.25, 0.3) is 0 Å². The number of amides is 4. The number of nitrogens with zero attached hydrogens (tertiary/aromatic N) is 2. The minimum atomic E-state index is -1.01. The first-order chi connectivity index (χ1) is 16.4. The number of hydrogen-bond donors (Lipinski definition) is 2. The molecule has 2 aliphatic heterocycles. The maximum atomic E-state index is 13.7. The van der Waals surface area contributed by atoms with Gasteiger partial charge < -0.3 is 15.5 Å². The number of carbonyl (C=O) groups excluding carboxylic acids is 2. The Kier molecular flexibility index (Phi) is 7.72. The molecule has 2 aromatic rings. The summed E-state index contributed by atoms with van der Waals surface area (Å²) in [4.78, 5) is 28.5. The van der Waals surface area contributed by atoms with Crippen LogP contribution < -0.4 is 10.6 Å². The second kappa shape index (κ2) is 10.9. The zero-order valence-electron chi connectivity index (χ0n) is 18.9. The van der Waals surface area contributed by atoms with Crippen molar-refractivity contribution in [2.75, 3.05) is 32.7 Å². The molecule has 0 spiro atoms. The van der Waals surface area contributed by atoms with Gasteiger partial charge in [-0.25, -0.2) is 27.7 Å². The van der Waals surface area contributed by atoms with Crippen molar-refractivity contribution in [3.63, 3.8) is 0 Å². The molecule has 9 heteroatoms. The fourth-order valence-electron chi connectivity index (χ4n) is 4.75. The fourth-order valence-corrected chi connectivity index (χ4v) is 4.75. The highest BCUT2D eigenvalue weighted by atomic mass is 19.2. The van der Waals surface area contributed by atoms with Crippen LogP contribution in [-0.4, -0.2) is 54.6 Å². The highest BCUT2D eigenvalue weighted by molar-refractivity contribution is 5.94. The molecule has 2 N–H and O–H groups in total. The van der Waals surface area contributed by atoms with Crippen molar-refractivity contribution in [3.05, 3.63) is 71.0 Å². The van der Waals surface area contributed by atoms with Crippen LogP contribution in [0.2, 0.25) is 0 Å². The van der Waals surface area contributed by atoms with Gasteiger partial charge in [-0.2, -0.15) is 0 Å². The van der Waals surface area contributed by atoms with Gasteiger partial charge in [-0.1, -0.05) is 18.2 Å². The van der Waals surface area contributed by atoms with Gasteiger partial charge >= 0.3 is 12.1 Å². The smallest absolute Gasteiger partial charge is 0.326 e. The van der Waals surface area contributed by atoms with Crippen LogP contribution >= 0.6 is 0 Å². The molecule has 4 amide bonds. The molecule has 0 aliphatic carbocycles. The molecule has 2 aromatic carbocycles. The van der Waals surface area contributed by atoms with E-state index in [0.717, 1.165) is 55.9 Å². The maximum Gasteiger partial charge on any atom is 0.326 e. The van der Waals surface area contributed by atoms with E-state index < -0.39 is 29.7 Å². The zero-order chi connectivity index (χ0) is 24.1. The van der Waals surface area contributed by atoms with E-state index in [4.69, 9.17) is 0 Å². The number of carbonyl (C=O) groups is 2. The van der Waals surface area contributed by atoms with Crippen LogP contribution in [0.15, 0.2) is 42.5 Å². The number of rotatable bonds is 6. The third-order valence-electron chi connectivity index (χ3n) is 6.63. The number of halogens is 3. The fraction of sp³-hybridized carbons (Fsp3) is 0.440. The number of benzene rings is 2. The molecule has 6 nitrogen and oxygen atoms in total. The second-order valence-electron chi connectivity index (χ2n) is 8.83. The molecular formula is C25H29F3N4O2. The molecule has 0 radical (unpaired) electrons. The summed E-state index contributed by atoms with van der Waals surface area (Å²) in [6, 6.07) is 8.40. The van der Waals surface area contributed by atoms with Crippen LogP contribution in [0.1, 0.15) is 48.8 Å². The predicted octanol–water partition coefficient (Wildman–Crippen LogP) is 4.54. The normalized spacial score (nSPS) is 19.7. The molecule has 1 atom stereocenters. The van der Waals surface area contributed by atoms with Crippen molar-refractivity contribution in [3.8, 4) is 0 Å². The number of likely N-dealkylation sites (tertiary alicyclic amines) is 1. The van der Waals surface area contributed by atoms with Gasteiger partial charge in [0.15, 0.2) is 11.6 Å². The Balaban J connectivity index is 1.24. The lowest BCUT2D eigenvalue weighted by atomic mass is 9.89. The average Bonchev–Trinajstić information content (AvgIpc) is 2.84. The van der Waals surface area contributed by atoms with E-state index in [-0.39, 0.29) is 5.82 Å². The molecule has 182 valence electrons. The second-order valence-corrected chi connectivity index (χ2v) is 8.83. The van der Waals surface area contributed by atoms with Gasteiger partial charge in [-0.05, 0) is 86.6 Å². The molecule has 0 bridgehead atoms. The number of urea groups is 2. The van der Waals surface area contributed by atoms with E-state index in [1.807, 2.05) is 12.1 Å². The van der Waals surface area contributed by atoms with Crippen LogP contribution in [-0.2, 0) is 0 Å². The molecule has 2 aliphatic rings. The summed E-state index contributed by atoms with van der Waals surface area (Å²) in [5, 5.41) is 5.41. The Labute approximate surface area is 197 Å². The minimum Gasteiger partial charge on any atom is -0.338 e. The molecule has 2 fully saturated rings. The third-order valence-corrected chi connectivity index (χ3v) is 6.63. The standard InChI is InChI=1S/C25H29F3N4O2/c26-20-5-2-17(3-6-20)18-9-14-31(15-10-18)13-1-11-29-24(33)32-23(8-12-30-25(32)34)19-4-7-21(27)22(28)16-19/h2-7,16,18,23H,1,8-15H2,(H,29,33)(H,30,34)/t23-/m1/s1. The Bertz CT molecular complexity index is 1010.